The van der Waals surface area contributed by atoms with Gasteiger partial charge in [-0.25, -0.2) is 0 Å². The minimum absolute atomic E-state index is 0.316. The van der Waals surface area contributed by atoms with Gasteiger partial charge >= 0.3 is 0 Å². The van der Waals surface area contributed by atoms with Crippen LogP contribution in [0.2, 0.25) is 0 Å². The molecule has 1 aliphatic heterocycles. The maximum Gasteiger partial charge on any atom is 0.133 e. The first kappa shape index (κ1) is 11.6. The van der Waals surface area contributed by atoms with Crippen LogP contribution in [0.4, 0.5) is 0 Å². The van der Waals surface area contributed by atoms with Crippen LogP contribution < -0.4 is 0 Å². The first-order chi connectivity index (χ1) is 7.69. The predicted molar refractivity (Wildman–Crippen MR) is 61.1 cm³/mol. The zero-order valence-corrected chi connectivity index (χ0v) is 10.3. The molecule has 4 heteroatoms. The molecule has 1 saturated heterocycles. The van der Waals surface area contributed by atoms with Crippen LogP contribution in [0.25, 0.3) is 0 Å². The number of aryl methyl sites for hydroxylation is 1. The van der Waals surface area contributed by atoms with E-state index in [1.807, 2.05) is 13.0 Å². The van der Waals surface area contributed by atoms with Gasteiger partial charge in [0, 0.05) is 25.2 Å². The van der Waals surface area contributed by atoms with E-state index in [1.165, 1.54) is 0 Å². The lowest BCUT2D eigenvalue weighted by Crippen LogP contribution is -2.47. The van der Waals surface area contributed by atoms with E-state index < -0.39 is 0 Å². The van der Waals surface area contributed by atoms with Gasteiger partial charge in [-0.15, -0.1) is 0 Å². The maximum absolute atomic E-state index is 5.67. The van der Waals surface area contributed by atoms with Crippen LogP contribution in [-0.2, 0) is 11.3 Å². The van der Waals surface area contributed by atoms with Gasteiger partial charge in [-0.1, -0.05) is 12.1 Å². The normalized spacial score (nSPS) is 27.2. The Morgan fingerprint density at radius 2 is 2.38 bits per heavy atom. The second kappa shape index (κ2) is 4.97. The monoisotopic (exact) mass is 224 g/mol. The fourth-order valence-corrected chi connectivity index (χ4v) is 2.18. The maximum atomic E-state index is 5.67. The van der Waals surface area contributed by atoms with Crippen molar-refractivity contribution in [1.29, 1.82) is 0 Å². The Balaban J connectivity index is 2.00. The number of ether oxygens (including phenoxy) is 1. The molecule has 0 aliphatic carbocycles. The highest BCUT2D eigenvalue weighted by molar-refractivity contribution is 5.03. The van der Waals surface area contributed by atoms with Gasteiger partial charge in [-0.3, -0.25) is 4.90 Å². The minimum atomic E-state index is 0.316. The van der Waals surface area contributed by atoms with Crippen molar-refractivity contribution in [2.45, 2.75) is 45.9 Å². The molecule has 0 aromatic carbocycles. The van der Waals surface area contributed by atoms with E-state index in [4.69, 9.17) is 9.26 Å². The van der Waals surface area contributed by atoms with E-state index in [1.54, 1.807) is 0 Å². The number of aromatic nitrogens is 1. The zero-order chi connectivity index (χ0) is 11.5. The topological polar surface area (TPSA) is 38.5 Å². The summed E-state index contributed by atoms with van der Waals surface area (Å²) in [5.74, 6) is 0.879. The summed E-state index contributed by atoms with van der Waals surface area (Å²) in [4.78, 5) is 2.44. The second-order valence-electron chi connectivity index (χ2n) is 4.56. The molecule has 1 aromatic rings. The lowest BCUT2D eigenvalue weighted by Gasteiger charge is -2.37. The van der Waals surface area contributed by atoms with Crippen molar-refractivity contribution in [3.05, 3.63) is 17.5 Å². The predicted octanol–water partition coefficient (Wildman–Crippen LogP) is 1.98. The van der Waals surface area contributed by atoms with Crippen molar-refractivity contribution < 1.29 is 9.26 Å². The van der Waals surface area contributed by atoms with Crippen LogP contribution in [0, 0.1) is 6.92 Å². The average Bonchev–Trinajstić information content (AvgIpc) is 2.64. The smallest absolute Gasteiger partial charge is 0.133 e. The third-order valence-electron chi connectivity index (χ3n) is 3.09. The molecule has 2 heterocycles. The molecule has 0 radical (unpaired) electrons. The molecule has 0 saturated carbocycles. The van der Waals surface area contributed by atoms with Gasteiger partial charge in [-0.2, -0.15) is 0 Å². The van der Waals surface area contributed by atoms with Gasteiger partial charge in [0.2, 0.25) is 0 Å². The second-order valence-corrected chi connectivity index (χ2v) is 4.56. The highest BCUT2D eigenvalue weighted by Gasteiger charge is 2.26. The Morgan fingerprint density at radius 1 is 1.56 bits per heavy atom. The first-order valence-corrected chi connectivity index (χ1v) is 5.97. The molecule has 2 unspecified atom stereocenters. The standard InChI is InChI=1S/C12H20N2O2/c1-4-12-8-15-10(3)6-14(12)7-11-5-9(2)16-13-11/h5,10,12H,4,6-8H2,1-3H3. The largest absolute Gasteiger partial charge is 0.376 e. The number of rotatable bonds is 3. The molecular formula is C12H20N2O2. The van der Waals surface area contributed by atoms with Gasteiger partial charge in [-0.05, 0) is 20.3 Å². The summed E-state index contributed by atoms with van der Waals surface area (Å²) >= 11 is 0. The summed E-state index contributed by atoms with van der Waals surface area (Å²) in [5, 5.41) is 4.05. The van der Waals surface area contributed by atoms with E-state index in [-0.39, 0.29) is 0 Å². The molecule has 0 amide bonds. The van der Waals surface area contributed by atoms with Crippen molar-refractivity contribution in [2.24, 2.45) is 0 Å². The summed E-state index contributed by atoms with van der Waals surface area (Å²) in [6.07, 6.45) is 1.43. The fourth-order valence-electron chi connectivity index (χ4n) is 2.18. The summed E-state index contributed by atoms with van der Waals surface area (Å²) < 4.78 is 10.8. The highest BCUT2D eigenvalue weighted by Crippen LogP contribution is 2.17. The Labute approximate surface area is 96.5 Å². The van der Waals surface area contributed by atoms with E-state index in [0.29, 0.717) is 12.1 Å². The van der Waals surface area contributed by atoms with Crippen molar-refractivity contribution in [3.8, 4) is 0 Å². The van der Waals surface area contributed by atoms with Gasteiger partial charge in [0.1, 0.15) is 5.76 Å². The van der Waals surface area contributed by atoms with Gasteiger partial charge < -0.3 is 9.26 Å². The fraction of sp³-hybridized carbons (Fsp3) is 0.750. The van der Waals surface area contributed by atoms with Crippen LogP contribution in [0.5, 0.6) is 0 Å². The van der Waals surface area contributed by atoms with E-state index in [0.717, 1.165) is 37.6 Å². The zero-order valence-electron chi connectivity index (χ0n) is 10.3. The molecule has 2 rings (SSSR count). The SMILES string of the molecule is CCC1COC(C)CN1Cc1cc(C)on1. The Morgan fingerprint density at radius 3 is 3.00 bits per heavy atom. The molecule has 90 valence electrons. The van der Waals surface area contributed by atoms with Gasteiger partial charge in [0.25, 0.3) is 0 Å². The molecule has 16 heavy (non-hydrogen) atoms. The van der Waals surface area contributed by atoms with Crippen LogP contribution in [0.1, 0.15) is 31.7 Å². The molecule has 0 spiro atoms. The van der Waals surface area contributed by atoms with Crippen LogP contribution in [0.15, 0.2) is 10.6 Å². The van der Waals surface area contributed by atoms with Gasteiger partial charge in [0.05, 0.1) is 18.4 Å². The number of hydrogen-bond acceptors (Lipinski definition) is 4. The van der Waals surface area contributed by atoms with Crippen molar-refractivity contribution >= 4 is 0 Å². The van der Waals surface area contributed by atoms with Gasteiger partial charge in [0.15, 0.2) is 0 Å². The van der Waals surface area contributed by atoms with Crippen LogP contribution in [-0.4, -0.2) is 35.4 Å². The summed E-state index contributed by atoms with van der Waals surface area (Å²) in [6.45, 7) is 8.91. The van der Waals surface area contributed by atoms with Crippen molar-refractivity contribution in [1.82, 2.24) is 10.1 Å². The third kappa shape index (κ3) is 2.62. The summed E-state index contributed by atoms with van der Waals surface area (Å²) in [5.41, 5.74) is 1.02. The molecule has 1 fully saturated rings. The third-order valence-corrected chi connectivity index (χ3v) is 3.09. The number of hydrogen-bond donors (Lipinski definition) is 0. The van der Waals surface area contributed by atoms with Crippen molar-refractivity contribution in [3.63, 3.8) is 0 Å². The molecule has 0 bridgehead atoms. The molecule has 0 N–H and O–H groups in total. The highest BCUT2D eigenvalue weighted by atomic mass is 16.5. The minimum Gasteiger partial charge on any atom is -0.376 e. The van der Waals surface area contributed by atoms with E-state index in [2.05, 4.69) is 23.9 Å². The quantitative estimate of drug-likeness (QED) is 0.787. The molecule has 1 aromatic heterocycles. The Kier molecular flexibility index (Phi) is 3.61. The molecular weight excluding hydrogens is 204 g/mol. The Bertz CT molecular complexity index is 338. The van der Waals surface area contributed by atoms with Crippen molar-refractivity contribution in [2.75, 3.05) is 13.2 Å². The van der Waals surface area contributed by atoms with E-state index in [9.17, 15) is 0 Å². The molecule has 1 aliphatic rings. The Hall–Kier alpha value is -0.870. The van der Waals surface area contributed by atoms with E-state index >= 15 is 0 Å². The summed E-state index contributed by atoms with van der Waals surface area (Å²) in [7, 11) is 0. The lowest BCUT2D eigenvalue weighted by atomic mass is 10.1. The average molecular weight is 224 g/mol. The van der Waals surface area contributed by atoms with Crippen LogP contribution >= 0.6 is 0 Å². The first-order valence-electron chi connectivity index (χ1n) is 5.97. The number of morpholine rings is 1. The molecule has 4 nitrogen and oxygen atoms in total. The molecule has 2 atom stereocenters. The number of nitrogens with zero attached hydrogens (tertiary/aromatic N) is 2. The summed E-state index contributed by atoms with van der Waals surface area (Å²) in [6, 6.07) is 2.51. The lowest BCUT2D eigenvalue weighted by molar-refractivity contribution is -0.0598. The van der Waals surface area contributed by atoms with Crippen LogP contribution in [0.3, 0.4) is 0 Å².